The van der Waals surface area contributed by atoms with Gasteiger partial charge in [0.1, 0.15) is 16.7 Å². The average Bonchev–Trinajstić information content (AvgIpc) is 2.97. The molecule has 0 aliphatic carbocycles. The zero-order valence-electron chi connectivity index (χ0n) is 14.5. The molecule has 1 fully saturated rings. The van der Waals surface area contributed by atoms with Gasteiger partial charge < -0.3 is 5.32 Å². The molecule has 0 aromatic heterocycles. The van der Waals surface area contributed by atoms with E-state index in [1.807, 2.05) is 48.5 Å². The summed E-state index contributed by atoms with van der Waals surface area (Å²) in [5, 5.41) is 12.4. The highest BCUT2D eigenvalue weighted by Gasteiger charge is 2.38. The molecule has 27 heavy (non-hydrogen) atoms. The van der Waals surface area contributed by atoms with Gasteiger partial charge in [-0.1, -0.05) is 58.0 Å². The fourth-order valence-corrected chi connectivity index (χ4v) is 3.98. The molecule has 1 N–H and O–H groups in total. The van der Waals surface area contributed by atoms with E-state index in [-0.39, 0.29) is 16.7 Å². The third-order valence-electron chi connectivity index (χ3n) is 3.99. The molecule has 136 valence electrons. The Morgan fingerprint density at radius 2 is 1.89 bits per heavy atom. The predicted octanol–water partition coefficient (Wildman–Crippen LogP) is 3.97. The molecule has 1 aliphatic heterocycles. The molecule has 0 saturated carbocycles. The van der Waals surface area contributed by atoms with E-state index in [1.54, 1.807) is 19.1 Å². The van der Waals surface area contributed by atoms with Gasteiger partial charge in [-0.25, -0.2) is 0 Å². The molecule has 2 aromatic carbocycles. The van der Waals surface area contributed by atoms with Crippen LogP contribution in [0.3, 0.4) is 0 Å². The van der Waals surface area contributed by atoms with Crippen molar-refractivity contribution in [1.82, 2.24) is 5.32 Å². The minimum absolute atomic E-state index is 0.0588. The zero-order chi connectivity index (χ0) is 19.4. The van der Waals surface area contributed by atoms with Crippen LogP contribution in [-0.4, -0.2) is 17.1 Å². The van der Waals surface area contributed by atoms with Crippen molar-refractivity contribution in [2.75, 3.05) is 4.90 Å². The van der Waals surface area contributed by atoms with Crippen molar-refractivity contribution in [3.05, 3.63) is 75.2 Å². The van der Waals surface area contributed by atoms with Crippen LogP contribution in [0.15, 0.2) is 69.7 Å². The van der Waals surface area contributed by atoms with Gasteiger partial charge in [0, 0.05) is 16.7 Å². The van der Waals surface area contributed by atoms with Gasteiger partial charge in [0.2, 0.25) is 5.91 Å². The SMILES string of the molecule is C[C@H]1S/C(=C(/C#N)C(=O)NCc2ccccc2)N(c2ccc(Br)cc2)C1=O. The summed E-state index contributed by atoms with van der Waals surface area (Å²) in [4.78, 5) is 26.7. The molecule has 1 heterocycles. The Morgan fingerprint density at radius 1 is 1.22 bits per heavy atom. The van der Waals surface area contributed by atoms with Gasteiger partial charge in [0.25, 0.3) is 5.91 Å². The van der Waals surface area contributed by atoms with E-state index < -0.39 is 5.91 Å². The summed E-state index contributed by atoms with van der Waals surface area (Å²) in [6.07, 6.45) is 0. The highest BCUT2D eigenvalue weighted by atomic mass is 79.9. The van der Waals surface area contributed by atoms with Crippen molar-refractivity contribution in [3.63, 3.8) is 0 Å². The number of amides is 2. The van der Waals surface area contributed by atoms with Crippen LogP contribution in [0.2, 0.25) is 0 Å². The number of benzene rings is 2. The number of hydrogen-bond acceptors (Lipinski definition) is 4. The van der Waals surface area contributed by atoms with Crippen LogP contribution in [0.25, 0.3) is 0 Å². The molecule has 2 aromatic rings. The van der Waals surface area contributed by atoms with Crippen molar-refractivity contribution in [2.24, 2.45) is 0 Å². The largest absolute Gasteiger partial charge is 0.347 e. The minimum atomic E-state index is -0.493. The van der Waals surface area contributed by atoms with Gasteiger partial charge in [-0.15, -0.1) is 0 Å². The number of nitriles is 1. The van der Waals surface area contributed by atoms with Crippen LogP contribution in [0.1, 0.15) is 12.5 Å². The molecule has 0 bridgehead atoms. The Hall–Kier alpha value is -2.56. The molecular weight excluding hydrogens is 426 g/mol. The smallest absolute Gasteiger partial charge is 0.264 e. The topological polar surface area (TPSA) is 73.2 Å². The fraction of sp³-hybridized carbons (Fsp3) is 0.150. The van der Waals surface area contributed by atoms with E-state index in [9.17, 15) is 14.9 Å². The van der Waals surface area contributed by atoms with E-state index in [2.05, 4.69) is 21.2 Å². The zero-order valence-corrected chi connectivity index (χ0v) is 16.9. The first-order valence-corrected chi connectivity index (χ1v) is 9.91. The number of hydrogen-bond donors (Lipinski definition) is 1. The lowest BCUT2D eigenvalue weighted by Gasteiger charge is -2.18. The third-order valence-corrected chi connectivity index (χ3v) is 5.69. The first-order valence-electron chi connectivity index (χ1n) is 8.24. The van der Waals surface area contributed by atoms with Crippen LogP contribution in [0.4, 0.5) is 5.69 Å². The number of nitrogens with one attached hydrogen (secondary N) is 1. The van der Waals surface area contributed by atoms with Crippen LogP contribution in [0.5, 0.6) is 0 Å². The molecule has 0 unspecified atom stereocenters. The second-order valence-corrected chi connectivity index (χ2v) is 8.12. The molecule has 7 heteroatoms. The molecular formula is C20H16BrN3O2S. The number of anilines is 1. The standard InChI is InChI=1S/C20H16BrN3O2S/c1-13-19(26)24(16-9-7-15(21)8-10-16)20(27-13)17(11-22)18(25)23-12-14-5-3-2-4-6-14/h2-10,13H,12H2,1H3,(H,23,25)/b20-17-/t13-/m1/s1. The molecule has 0 radical (unpaired) electrons. The molecule has 1 aliphatic rings. The Bertz CT molecular complexity index is 936. The van der Waals surface area contributed by atoms with E-state index in [1.165, 1.54) is 16.7 Å². The number of carbonyl (C=O) groups is 2. The second-order valence-electron chi connectivity index (χ2n) is 5.87. The van der Waals surface area contributed by atoms with Crippen LogP contribution < -0.4 is 10.2 Å². The quantitative estimate of drug-likeness (QED) is 0.575. The van der Waals surface area contributed by atoms with Gasteiger partial charge in [-0.05, 0) is 36.8 Å². The lowest BCUT2D eigenvalue weighted by atomic mass is 10.2. The Labute approximate surface area is 170 Å². The number of carbonyl (C=O) groups excluding carboxylic acids is 2. The predicted molar refractivity (Wildman–Crippen MR) is 110 cm³/mol. The van der Waals surface area contributed by atoms with E-state index in [0.29, 0.717) is 17.3 Å². The summed E-state index contributed by atoms with van der Waals surface area (Å²) >= 11 is 4.59. The van der Waals surface area contributed by atoms with Crippen molar-refractivity contribution < 1.29 is 9.59 Å². The molecule has 1 atom stereocenters. The van der Waals surface area contributed by atoms with Crippen LogP contribution in [0, 0.1) is 11.3 Å². The van der Waals surface area contributed by atoms with Crippen LogP contribution >= 0.6 is 27.7 Å². The van der Waals surface area contributed by atoms with E-state index >= 15 is 0 Å². The monoisotopic (exact) mass is 441 g/mol. The summed E-state index contributed by atoms with van der Waals surface area (Å²) < 4.78 is 0.880. The minimum Gasteiger partial charge on any atom is -0.347 e. The molecule has 5 nitrogen and oxygen atoms in total. The molecule has 2 amide bonds. The summed E-state index contributed by atoms with van der Waals surface area (Å²) in [5.74, 6) is -0.645. The van der Waals surface area contributed by atoms with Gasteiger partial charge in [-0.3, -0.25) is 14.5 Å². The third kappa shape index (κ3) is 4.24. The van der Waals surface area contributed by atoms with Crippen molar-refractivity contribution in [1.29, 1.82) is 5.26 Å². The molecule has 1 saturated heterocycles. The number of nitrogens with zero attached hydrogens (tertiary/aromatic N) is 2. The summed E-state index contributed by atoms with van der Waals surface area (Å²) in [6, 6.07) is 18.6. The van der Waals surface area contributed by atoms with Crippen molar-refractivity contribution in [3.8, 4) is 6.07 Å². The average molecular weight is 442 g/mol. The molecule has 0 spiro atoms. The number of halogens is 1. The fourth-order valence-electron chi connectivity index (χ4n) is 2.62. The Balaban J connectivity index is 1.91. The van der Waals surface area contributed by atoms with E-state index in [4.69, 9.17) is 0 Å². The van der Waals surface area contributed by atoms with Gasteiger partial charge >= 0.3 is 0 Å². The maximum Gasteiger partial charge on any atom is 0.264 e. The number of rotatable bonds is 4. The molecule has 3 rings (SSSR count). The van der Waals surface area contributed by atoms with Crippen molar-refractivity contribution >= 4 is 45.2 Å². The van der Waals surface area contributed by atoms with Gasteiger partial charge in [0.05, 0.1) is 5.25 Å². The highest BCUT2D eigenvalue weighted by Crippen LogP contribution is 2.40. The summed E-state index contributed by atoms with van der Waals surface area (Å²) in [5.41, 5.74) is 1.50. The first kappa shape index (κ1) is 19.2. The van der Waals surface area contributed by atoms with Gasteiger partial charge in [0.15, 0.2) is 0 Å². The summed E-state index contributed by atoms with van der Waals surface area (Å²) in [6.45, 7) is 2.08. The Kier molecular flexibility index (Phi) is 5.99. The maximum absolute atomic E-state index is 12.6. The summed E-state index contributed by atoms with van der Waals surface area (Å²) in [7, 11) is 0. The number of thioether (sulfide) groups is 1. The van der Waals surface area contributed by atoms with Crippen molar-refractivity contribution in [2.45, 2.75) is 18.7 Å². The maximum atomic E-state index is 12.6. The second kappa shape index (κ2) is 8.42. The van der Waals surface area contributed by atoms with Gasteiger partial charge in [-0.2, -0.15) is 5.26 Å². The first-order chi connectivity index (χ1) is 13.0. The Morgan fingerprint density at radius 3 is 2.52 bits per heavy atom. The van der Waals surface area contributed by atoms with E-state index in [0.717, 1.165) is 10.0 Å². The lowest BCUT2D eigenvalue weighted by molar-refractivity contribution is -0.117. The van der Waals surface area contributed by atoms with Crippen LogP contribution in [-0.2, 0) is 16.1 Å². The highest BCUT2D eigenvalue weighted by molar-refractivity contribution is 9.10. The lowest BCUT2D eigenvalue weighted by Crippen LogP contribution is -2.30. The normalized spacial score (nSPS) is 18.2.